The molecule has 108 valence electrons. The third-order valence-electron chi connectivity index (χ3n) is 3.59. The first-order chi connectivity index (χ1) is 9.06. The van der Waals surface area contributed by atoms with E-state index in [4.69, 9.17) is 0 Å². The number of aliphatic hydroxyl groups is 1. The maximum atomic E-state index is 10.2. The van der Waals surface area contributed by atoms with Crippen LogP contribution in [-0.2, 0) is 6.42 Å². The maximum Gasteiger partial charge on any atom is 0.0914 e. The second kappa shape index (κ2) is 8.34. The van der Waals surface area contributed by atoms with Crippen LogP contribution in [0.3, 0.4) is 0 Å². The normalized spacial score (nSPS) is 13.2. The van der Waals surface area contributed by atoms with Crippen molar-refractivity contribution in [3.05, 3.63) is 35.4 Å². The quantitative estimate of drug-likeness (QED) is 0.749. The second-order valence-corrected chi connectivity index (χ2v) is 5.78. The fourth-order valence-electron chi connectivity index (χ4n) is 2.32. The number of hydrogen-bond donors (Lipinski definition) is 2. The average molecular weight is 263 g/mol. The molecule has 0 aliphatic heterocycles. The van der Waals surface area contributed by atoms with E-state index in [1.165, 1.54) is 5.56 Å². The number of hydrogen-bond acceptors (Lipinski definition) is 2. The Bertz CT molecular complexity index is 341. The van der Waals surface area contributed by atoms with Gasteiger partial charge in [0, 0.05) is 12.6 Å². The molecule has 2 heteroatoms. The number of nitrogens with one attached hydrogen (secondary N) is 1. The average Bonchev–Trinajstić information content (AvgIpc) is 2.39. The predicted octanol–water partition coefficient (Wildman–Crippen LogP) is 3.70. The van der Waals surface area contributed by atoms with Crippen molar-refractivity contribution < 1.29 is 5.11 Å². The van der Waals surface area contributed by atoms with Crippen LogP contribution in [0.5, 0.6) is 0 Å². The van der Waals surface area contributed by atoms with Gasteiger partial charge in [0.25, 0.3) is 0 Å². The number of rotatable bonds is 8. The van der Waals surface area contributed by atoms with Gasteiger partial charge in [-0.1, -0.05) is 52.0 Å². The zero-order valence-corrected chi connectivity index (χ0v) is 12.8. The summed E-state index contributed by atoms with van der Waals surface area (Å²) >= 11 is 0. The Kier molecular flexibility index (Phi) is 7.11. The topological polar surface area (TPSA) is 32.3 Å². The van der Waals surface area contributed by atoms with Gasteiger partial charge in [-0.25, -0.2) is 0 Å². The summed E-state index contributed by atoms with van der Waals surface area (Å²) in [6.45, 7) is 9.43. The van der Waals surface area contributed by atoms with Crippen molar-refractivity contribution in [1.82, 2.24) is 5.32 Å². The highest BCUT2D eigenvalue weighted by molar-refractivity contribution is 5.24. The Morgan fingerprint density at radius 1 is 1.05 bits per heavy atom. The third-order valence-corrected chi connectivity index (χ3v) is 3.59. The summed E-state index contributed by atoms with van der Waals surface area (Å²) in [5.74, 6) is 0.673. The molecule has 1 aromatic carbocycles. The highest BCUT2D eigenvalue weighted by Crippen LogP contribution is 2.15. The monoisotopic (exact) mass is 263 g/mol. The van der Waals surface area contributed by atoms with Crippen molar-refractivity contribution in [3.8, 4) is 0 Å². The number of benzene rings is 1. The van der Waals surface area contributed by atoms with E-state index >= 15 is 0 Å². The molecule has 19 heavy (non-hydrogen) atoms. The molecular weight excluding hydrogens is 234 g/mol. The summed E-state index contributed by atoms with van der Waals surface area (Å²) in [7, 11) is 0. The van der Waals surface area contributed by atoms with Gasteiger partial charge in [0.2, 0.25) is 0 Å². The summed E-state index contributed by atoms with van der Waals surface area (Å²) < 4.78 is 0. The lowest BCUT2D eigenvalue weighted by Crippen LogP contribution is -2.31. The van der Waals surface area contributed by atoms with Crippen LogP contribution in [0.2, 0.25) is 0 Å². The molecule has 0 saturated heterocycles. The molecule has 1 rings (SSSR count). The molecule has 2 N–H and O–H groups in total. The van der Waals surface area contributed by atoms with E-state index in [0.717, 1.165) is 24.8 Å². The molecule has 0 spiro atoms. The highest BCUT2D eigenvalue weighted by atomic mass is 16.3. The van der Waals surface area contributed by atoms with Crippen molar-refractivity contribution in [2.75, 3.05) is 6.54 Å². The summed E-state index contributed by atoms with van der Waals surface area (Å²) in [6, 6.07) is 8.88. The fraction of sp³-hybridized carbons (Fsp3) is 0.647. The Morgan fingerprint density at radius 2 is 1.63 bits per heavy atom. The van der Waals surface area contributed by atoms with Crippen LogP contribution >= 0.6 is 0 Å². The lowest BCUT2D eigenvalue weighted by molar-refractivity contribution is 0.169. The van der Waals surface area contributed by atoms with Crippen LogP contribution in [0.15, 0.2) is 24.3 Å². The molecule has 0 saturated carbocycles. The van der Waals surface area contributed by atoms with E-state index in [-0.39, 0.29) is 0 Å². The van der Waals surface area contributed by atoms with Crippen molar-refractivity contribution in [3.63, 3.8) is 0 Å². The first kappa shape index (κ1) is 16.2. The molecule has 0 heterocycles. The van der Waals surface area contributed by atoms with Gasteiger partial charge in [-0.05, 0) is 36.3 Å². The molecule has 1 unspecified atom stereocenters. The highest BCUT2D eigenvalue weighted by Gasteiger charge is 2.10. The van der Waals surface area contributed by atoms with Crippen molar-refractivity contribution >= 4 is 0 Å². The Hall–Kier alpha value is -0.860. The van der Waals surface area contributed by atoms with E-state index in [1.54, 1.807) is 0 Å². The van der Waals surface area contributed by atoms with Gasteiger partial charge in [-0.15, -0.1) is 0 Å². The molecule has 0 aliphatic rings. The van der Waals surface area contributed by atoms with Crippen LogP contribution < -0.4 is 5.32 Å². The smallest absolute Gasteiger partial charge is 0.0914 e. The second-order valence-electron chi connectivity index (χ2n) is 5.78. The number of aliphatic hydroxyl groups excluding tert-OH is 1. The molecule has 0 aromatic heterocycles. The minimum absolute atomic E-state index is 0.409. The van der Waals surface area contributed by atoms with Gasteiger partial charge in [-0.3, -0.25) is 0 Å². The third kappa shape index (κ3) is 5.75. The lowest BCUT2D eigenvalue weighted by atomic mass is 10.00. The predicted molar refractivity (Wildman–Crippen MR) is 82.3 cm³/mol. The van der Waals surface area contributed by atoms with Gasteiger partial charge >= 0.3 is 0 Å². The summed E-state index contributed by atoms with van der Waals surface area (Å²) in [4.78, 5) is 0. The zero-order chi connectivity index (χ0) is 14.3. The van der Waals surface area contributed by atoms with Gasteiger partial charge in [0.1, 0.15) is 0 Å². The van der Waals surface area contributed by atoms with Crippen LogP contribution in [-0.4, -0.2) is 17.7 Å². The SMILES string of the molecule is CCC(CC)NCC(O)c1ccc(CC(C)C)cc1. The molecule has 0 bridgehead atoms. The first-order valence-electron chi connectivity index (χ1n) is 7.57. The molecule has 0 amide bonds. The van der Waals surface area contributed by atoms with E-state index in [0.29, 0.717) is 18.5 Å². The standard InChI is InChI=1S/C17H29NO/c1-5-16(6-2)18-12-17(19)15-9-7-14(8-10-15)11-13(3)4/h7-10,13,16-19H,5-6,11-12H2,1-4H3. The Labute approximate surface area is 118 Å². The molecule has 0 fully saturated rings. The van der Waals surface area contributed by atoms with Crippen molar-refractivity contribution in [2.24, 2.45) is 5.92 Å². The minimum atomic E-state index is -0.409. The van der Waals surface area contributed by atoms with Crippen LogP contribution in [0.25, 0.3) is 0 Å². The Balaban J connectivity index is 2.50. The molecule has 2 nitrogen and oxygen atoms in total. The van der Waals surface area contributed by atoms with E-state index in [1.807, 2.05) is 0 Å². The largest absolute Gasteiger partial charge is 0.387 e. The zero-order valence-electron chi connectivity index (χ0n) is 12.8. The van der Waals surface area contributed by atoms with Crippen molar-refractivity contribution in [2.45, 2.75) is 59.1 Å². The van der Waals surface area contributed by atoms with E-state index < -0.39 is 6.10 Å². The van der Waals surface area contributed by atoms with Crippen LogP contribution in [0.4, 0.5) is 0 Å². The van der Waals surface area contributed by atoms with Gasteiger partial charge in [0.15, 0.2) is 0 Å². The van der Waals surface area contributed by atoms with E-state index in [9.17, 15) is 5.11 Å². The first-order valence-corrected chi connectivity index (χ1v) is 7.57. The van der Waals surface area contributed by atoms with E-state index in [2.05, 4.69) is 57.3 Å². The van der Waals surface area contributed by atoms with Gasteiger partial charge < -0.3 is 10.4 Å². The summed E-state index contributed by atoms with van der Waals surface area (Å²) in [5.41, 5.74) is 2.35. The summed E-state index contributed by atoms with van der Waals surface area (Å²) in [5, 5.41) is 13.6. The maximum absolute atomic E-state index is 10.2. The molecule has 1 aromatic rings. The van der Waals surface area contributed by atoms with Crippen molar-refractivity contribution in [1.29, 1.82) is 0 Å². The van der Waals surface area contributed by atoms with Crippen LogP contribution in [0, 0.1) is 5.92 Å². The van der Waals surface area contributed by atoms with Gasteiger partial charge in [-0.2, -0.15) is 0 Å². The van der Waals surface area contributed by atoms with Gasteiger partial charge in [0.05, 0.1) is 6.10 Å². The lowest BCUT2D eigenvalue weighted by Gasteiger charge is -2.18. The molecular formula is C17H29NO. The Morgan fingerprint density at radius 3 is 2.11 bits per heavy atom. The minimum Gasteiger partial charge on any atom is -0.387 e. The summed E-state index contributed by atoms with van der Waals surface area (Å²) in [6.07, 6.45) is 2.91. The molecule has 0 aliphatic carbocycles. The fourth-order valence-corrected chi connectivity index (χ4v) is 2.32. The van der Waals surface area contributed by atoms with Crippen LogP contribution in [0.1, 0.15) is 57.8 Å². The molecule has 1 atom stereocenters. The molecule has 0 radical (unpaired) electrons.